The molecule has 1 heterocycles. The number of carbonyl (C=O) groups is 1. The van der Waals surface area contributed by atoms with Crippen molar-refractivity contribution in [3.8, 4) is 0 Å². The molecule has 1 saturated heterocycles. The average molecular weight is 255 g/mol. The Kier molecular flexibility index (Phi) is 6.65. The second-order valence-electron chi connectivity index (χ2n) is 5.71. The highest BCUT2D eigenvalue weighted by Crippen LogP contribution is 2.17. The minimum absolute atomic E-state index is 0.0484. The lowest BCUT2D eigenvalue weighted by Gasteiger charge is -2.35. The summed E-state index contributed by atoms with van der Waals surface area (Å²) in [4.78, 5) is 16.5. The lowest BCUT2D eigenvalue weighted by Crippen LogP contribution is -2.50. The van der Waals surface area contributed by atoms with Crippen molar-refractivity contribution in [2.24, 2.45) is 0 Å². The predicted octanol–water partition coefficient (Wildman–Crippen LogP) is 1.32. The summed E-state index contributed by atoms with van der Waals surface area (Å²) in [7, 11) is 4.15. The first-order valence-electron chi connectivity index (χ1n) is 7.21. The standard InChI is InChI=1S/C14H29N3O/c1-12-8-5-6-11-17(12)14(18)13(2)15-9-7-10-16(3)4/h12-13,15H,5-11H2,1-4H3/t12-,13+/m1/s1. The van der Waals surface area contributed by atoms with E-state index in [9.17, 15) is 4.79 Å². The Morgan fingerprint density at radius 3 is 2.78 bits per heavy atom. The van der Waals surface area contributed by atoms with Crippen molar-refractivity contribution < 1.29 is 4.79 Å². The fourth-order valence-electron chi connectivity index (χ4n) is 2.48. The van der Waals surface area contributed by atoms with E-state index in [1.54, 1.807) is 0 Å². The molecule has 1 aliphatic heterocycles. The third-order valence-corrected chi connectivity index (χ3v) is 3.69. The molecule has 0 bridgehead atoms. The highest BCUT2D eigenvalue weighted by molar-refractivity contribution is 5.81. The van der Waals surface area contributed by atoms with Crippen LogP contribution in [0.1, 0.15) is 39.5 Å². The van der Waals surface area contributed by atoms with Crippen LogP contribution in [0.4, 0.5) is 0 Å². The SMILES string of the molecule is C[C@H](NCCCN(C)C)C(=O)N1CCCC[C@H]1C. The molecule has 18 heavy (non-hydrogen) atoms. The smallest absolute Gasteiger partial charge is 0.239 e. The highest BCUT2D eigenvalue weighted by atomic mass is 16.2. The van der Waals surface area contributed by atoms with Gasteiger partial charge in [-0.3, -0.25) is 4.79 Å². The van der Waals surface area contributed by atoms with E-state index in [0.717, 1.165) is 38.9 Å². The van der Waals surface area contributed by atoms with Crippen LogP contribution in [0.5, 0.6) is 0 Å². The summed E-state index contributed by atoms with van der Waals surface area (Å²) in [6, 6.07) is 0.366. The van der Waals surface area contributed by atoms with Crippen LogP contribution >= 0.6 is 0 Å². The molecule has 4 nitrogen and oxygen atoms in total. The van der Waals surface area contributed by atoms with Gasteiger partial charge in [0.15, 0.2) is 0 Å². The molecule has 0 unspecified atom stereocenters. The maximum Gasteiger partial charge on any atom is 0.239 e. The molecular formula is C14H29N3O. The van der Waals surface area contributed by atoms with Gasteiger partial charge in [-0.25, -0.2) is 0 Å². The first kappa shape index (κ1) is 15.4. The molecule has 0 radical (unpaired) electrons. The van der Waals surface area contributed by atoms with Gasteiger partial charge >= 0.3 is 0 Å². The van der Waals surface area contributed by atoms with Crippen molar-refractivity contribution in [3.63, 3.8) is 0 Å². The lowest BCUT2D eigenvalue weighted by molar-refractivity contribution is -0.136. The third-order valence-electron chi connectivity index (χ3n) is 3.69. The van der Waals surface area contributed by atoms with Gasteiger partial charge < -0.3 is 15.1 Å². The van der Waals surface area contributed by atoms with Gasteiger partial charge in [0.1, 0.15) is 0 Å². The number of hydrogen-bond acceptors (Lipinski definition) is 3. The largest absolute Gasteiger partial charge is 0.339 e. The molecule has 2 atom stereocenters. The Bertz CT molecular complexity index is 255. The van der Waals surface area contributed by atoms with Gasteiger partial charge in [-0.05, 0) is 66.7 Å². The fourth-order valence-corrected chi connectivity index (χ4v) is 2.48. The molecule has 106 valence electrons. The topological polar surface area (TPSA) is 35.6 Å². The minimum atomic E-state index is -0.0484. The van der Waals surface area contributed by atoms with E-state index in [-0.39, 0.29) is 11.9 Å². The summed E-state index contributed by atoms with van der Waals surface area (Å²) in [6.07, 6.45) is 4.65. The van der Waals surface area contributed by atoms with Crippen molar-refractivity contribution in [1.29, 1.82) is 0 Å². The van der Waals surface area contributed by atoms with Crippen LogP contribution in [0.3, 0.4) is 0 Å². The minimum Gasteiger partial charge on any atom is -0.339 e. The summed E-state index contributed by atoms with van der Waals surface area (Å²) in [5.74, 6) is 0.270. The highest BCUT2D eigenvalue weighted by Gasteiger charge is 2.26. The van der Waals surface area contributed by atoms with Crippen LogP contribution in [0, 0.1) is 0 Å². The monoisotopic (exact) mass is 255 g/mol. The molecule has 1 N–H and O–H groups in total. The molecule has 0 aromatic rings. The van der Waals surface area contributed by atoms with E-state index in [1.165, 1.54) is 6.42 Å². The first-order chi connectivity index (χ1) is 8.52. The molecule has 0 spiro atoms. The molecule has 0 saturated carbocycles. The molecule has 1 rings (SSSR count). The summed E-state index contributed by atoms with van der Waals surface area (Å²) >= 11 is 0. The zero-order valence-corrected chi connectivity index (χ0v) is 12.4. The Labute approximate surface area is 112 Å². The summed E-state index contributed by atoms with van der Waals surface area (Å²) in [5, 5.41) is 3.34. The third kappa shape index (κ3) is 4.94. The van der Waals surface area contributed by atoms with Crippen LogP contribution in [-0.2, 0) is 4.79 Å². The maximum absolute atomic E-state index is 12.3. The van der Waals surface area contributed by atoms with Gasteiger partial charge in [0.25, 0.3) is 0 Å². The number of rotatable bonds is 6. The predicted molar refractivity (Wildman–Crippen MR) is 75.7 cm³/mol. The summed E-state index contributed by atoms with van der Waals surface area (Å²) in [5.41, 5.74) is 0. The van der Waals surface area contributed by atoms with E-state index >= 15 is 0 Å². The number of amides is 1. The van der Waals surface area contributed by atoms with Crippen molar-refractivity contribution in [1.82, 2.24) is 15.1 Å². The molecular weight excluding hydrogens is 226 g/mol. The van der Waals surface area contributed by atoms with Gasteiger partial charge in [0, 0.05) is 12.6 Å². The van der Waals surface area contributed by atoms with Gasteiger partial charge in [0.05, 0.1) is 6.04 Å². The van der Waals surface area contributed by atoms with E-state index < -0.39 is 0 Å². The number of nitrogens with one attached hydrogen (secondary N) is 1. The van der Waals surface area contributed by atoms with Crippen molar-refractivity contribution in [2.75, 3.05) is 33.7 Å². The second kappa shape index (κ2) is 7.74. The Morgan fingerprint density at radius 1 is 1.44 bits per heavy atom. The molecule has 0 aromatic heterocycles. The number of hydrogen-bond donors (Lipinski definition) is 1. The number of piperidine rings is 1. The van der Waals surface area contributed by atoms with E-state index in [1.807, 2.05) is 11.8 Å². The molecule has 0 aliphatic carbocycles. The molecule has 1 amide bonds. The molecule has 1 aliphatic rings. The van der Waals surface area contributed by atoms with E-state index in [2.05, 4.69) is 31.2 Å². The first-order valence-corrected chi connectivity index (χ1v) is 7.21. The fraction of sp³-hybridized carbons (Fsp3) is 0.929. The zero-order chi connectivity index (χ0) is 13.5. The quantitative estimate of drug-likeness (QED) is 0.727. The van der Waals surface area contributed by atoms with Gasteiger partial charge in [0.2, 0.25) is 5.91 Å². The Hall–Kier alpha value is -0.610. The molecule has 1 fully saturated rings. The summed E-state index contributed by atoms with van der Waals surface area (Å²) < 4.78 is 0. The zero-order valence-electron chi connectivity index (χ0n) is 12.4. The normalized spacial score (nSPS) is 22.3. The second-order valence-corrected chi connectivity index (χ2v) is 5.71. The van der Waals surface area contributed by atoms with Crippen LogP contribution in [0.25, 0.3) is 0 Å². The van der Waals surface area contributed by atoms with Crippen molar-refractivity contribution in [2.45, 2.75) is 51.6 Å². The van der Waals surface area contributed by atoms with E-state index in [0.29, 0.717) is 6.04 Å². The van der Waals surface area contributed by atoms with Gasteiger partial charge in [-0.2, -0.15) is 0 Å². The maximum atomic E-state index is 12.3. The molecule has 4 heteroatoms. The number of carbonyl (C=O) groups excluding carboxylic acids is 1. The number of likely N-dealkylation sites (tertiary alicyclic amines) is 1. The average Bonchev–Trinajstić information content (AvgIpc) is 2.34. The number of nitrogens with zero attached hydrogens (tertiary/aromatic N) is 2. The van der Waals surface area contributed by atoms with Gasteiger partial charge in [-0.15, -0.1) is 0 Å². The van der Waals surface area contributed by atoms with Crippen LogP contribution in [0.2, 0.25) is 0 Å². The van der Waals surface area contributed by atoms with Crippen LogP contribution < -0.4 is 5.32 Å². The van der Waals surface area contributed by atoms with Crippen molar-refractivity contribution >= 4 is 5.91 Å². The molecule has 0 aromatic carbocycles. The van der Waals surface area contributed by atoms with Crippen molar-refractivity contribution in [3.05, 3.63) is 0 Å². The van der Waals surface area contributed by atoms with Gasteiger partial charge in [-0.1, -0.05) is 0 Å². The van der Waals surface area contributed by atoms with E-state index in [4.69, 9.17) is 0 Å². The Balaban J connectivity index is 2.27. The lowest BCUT2D eigenvalue weighted by atomic mass is 10.0. The summed E-state index contributed by atoms with van der Waals surface area (Å²) in [6.45, 7) is 7.06. The van der Waals surface area contributed by atoms with Crippen LogP contribution in [-0.4, -0.2) is 61.5 Å². The Morgan fingerprint density at radius 2 is 2.17 bits per heavy atom. The van der Waals surface area contributed by atoms with Crippen LogP contribution in [0.15, 0.2) is 0 Å².